The smallest absolute Gasteiger partial charge is 0.231 e. The number of hydrogen-bond donors (Lipinski definition) is 2. The van der Waals surface area contributed by atoms with Gasteiger partial charge < -0.3 is 19.9 Å². The van der Waals surface area contributed by atoms with Crippen LogP contribution in [-0.4, -0.2) is 18.4 Å². The highest BCUT2D eigenvalue weighted by Crippen LogP contribution is 2.34. The monoisotopic (exact) mass is 327 g/mol. The highest BCUT2D eigenvalue weighted by atomic mass is 16.7. The first kappa shape index (κ1) is 16.8. The van der Waals surface area contributed by atoms with E-state index in [1.807, 2.05) is 30.3 Å². The first-order valence-electron chi connectivity index (χ1n) is 8.45. The van der Waals surface area contributed by atoms with Crippen molar-refractivity contribution in [2.75, 3.05) is 13.3 Å². The van der Waals surface area contributed by atoms with Crippen molar-refractivity contribution < 1.29 is 14.6 Å². The zero-order valence-corrected chi connectivity index (χ0v) is 14.5. The predicted molar refractivity (Wildman–Crippen MR) is 94.5 cm³/mol. The van der Waals surface area contributed by atoms with Gasteiger partial charge in [0.1, 0.15) is 0 Å². The molecule has 24 heavy (non-hydrogen) atoms. The number of ether oxygens (including phenoxy) is 2. The summed E-state index contributed by atoms with van der Waals surface area (Å²) in [6.45, 7) is 7.19. The van der Waals surface area contributed by atoms with Crippen LogP contribution in [0.3, 0.4) is 0 Å². The van der Waals surface area contributed by atoms with Gasteiger partial charge in [-0.3, -0.25) is 0 Å². The third-order valence-electron chi connectivity index (χ3n) is 4.50. The van der Waals surface area contributed by atoms with Crippen molar-refractivity contribution in [3.8, 4) is 11.5 Å². The van der Waals surface area contributed by atoms with E-state index in [-0.39, 0.29) is 12.8 Å². The van der Waals surface area contributed by atoms with Crippen LogP contribution in [0.25, 0.3) is 0 Å². The minimum absolute atomic E-state index is 0.115. The Morgan fingerprint density at radius 1 is 0.917 bits per heavy atom. The molecule has 0 aromatic heterocycles. The van der Waals surface area contributed by atoms with Gasteiger partial charge in [0.2, 0.25) is 6.79 Å². The molecule has 0 amide bonds. The van der Waals surface area contributed by atoms with Crippen LogP contribution in [0.15, 0.2) is 42.5 Å². The van der Waals surface area contributed by atoms with E-state index >= 15 is 0 Å². The molecule has 0 aliphatic carbocycles. The fourth-order valence-corrected chi connectivity index (χ4v) is 2.81. The van der Waals surface area contributed by atoms with E-state index in [2.05, 4.69) is 38.2 Å². The van der Waals surface area contributed by atoms with Gasteiger partial charge in [-0.1, -0.05) is 44.2 Å². The zero-order valence-electron chi connectivity index (χ0n) is 14.5. The maximum Gasteiger partial charge on any atom is 0.231 e. The van der Waals surface area contributed by atoms with Crippen LogP contribution in [0.2, 0.25) is 0 Å². The van der Waals surface area contributed by atoms with Crippen molar-refractivity contribution in [3.63, 3.8) is 0 Å². The molecule has 0 bridgehead atoms. The normalized spacial score (nSPS) is 15.5. The molecule has 3 rings (SSSR count). The average molecular weight is 327 g/mol. The number of fused-ring (bicyclic) bond motifs is 1. The lowest BCUT2D eigenvalue weighted by molar-refractivity contribution is 0.170. The Hall–Kier alpha value is -2.04. The Balaban J connectivity index is 1.58. The van der Waals surface area contributed by atoms with Gasteiger partial charge in [0.25, 0.3) is 0 Å². The number of hydrogen-bond acceptors (Lipinski definition) is 4. The minimum Gasteiger partial charge on any atom is -0.454 e. The van der Waals surface area contributed by atoms with Gasteiger partial charge in [-0.2, -0.15) is 0 Å². The van der Waals surface area contributed by atoms with Gasteiger partial charge >= 0.3 is 0 Å². The standard InChI is InChI=1S/C20H25NO3/c1-13(2)15-4-6-16(7-5-15)18(22)11-21-14(3)17-8-9-19-20(10-17)24-12-23-19/h4-10,13-14,18,21-22H,11-12H2,1-3H3. The second-order valence-corrected chi connectivity index (χ2v) is 6.58. The molecule has 2 unspecified atom stereocenters. The summed E-state index contributed by atoms with van der Waals surface area (Å²) in [5, 5.41) is 13.8. The lowest BCUT2D eigenvalue weighted by atomic mass is 10.00. The number of rotatable bonds is 6. The maximum absolute atomic E-state index is 10.4. The molecule has 2 atom stereocenters. The van der Waals surface area contributed by atoms with Gasteiger partial charge in [0, 0.05) is 12.6 Å². The summed E-state index contributed by atoms with van der Waals surface area (Å²) in [5.74, 6) is 2.07. The molecular weight excluding hydrogens is 302 g/mol. The molecule has 2 aromatic rings. The van der Waals surface area contributed by atoms with Crippen LogP contribution >= 0.6 is 0 Å². The number of nitrogens with one attached hydrogen (secondary N) is 1. The Kier molecular flexibility index (Phi) is 5.07. The number of aliphatic hydroxyl groups excluding tert-OH is 1. The van der Waals surface area contributed by atoms with Crippen LogP contribution in [0, 0.1) is 0 Å². The average Bonchev–Trinajstić information content (AvgIpc) is 3.07. The van der Waals surface area contributed by atoms with E-state index in [0.717, 1.165) is 22.6 Å². The molecule has 1 aliphatic rings. The Bertz CT molecular complexity index is 682. The Morgan fingerprint density at radius 3 is 2.25 bits per heavy atom. The second kappa shape index (κ2) is 7.24. The molecule has 0 fully saturated rings. The van der Waals surface area contributed by atoms with Gasteiger partial charge in [0.05, 0.1) is 6.10 Å². The van der Waals surface area contributed by atoms with Gasteiger partial charge in [-0.25, -0.2) is 0 Å². The summed E-state index contributed by atoms with van der Waals surface area (Å²) >= 11 is 0. The molecule has 2 N–H and O–H groups in total. The Labute approximate surface area is 143 Å². The van der Waals surface area contributed by atoms with Crippen molar-refractivity contribution >= 4 is 0 Å². The topological polar surface area (TPSA) is 50.7 Å². The molecule has 0 saturated carbocycles. The zero-order chi connectivity index (χ0) is 17.1. The fourth-order valence-electron chi connectivity index (χ4n) is 2.81. The minimum atomic E-state index is -0.525. The molecule has 2 aromatic carbocycles. The van der Waals surface area contributed by atoms with Crippen molar-refractivity contribution in [3.05, 3.63) is 59.2 Å². The van der Waals surface area contributed by atoms with Crippen LogP contribution in [0.1, 0.15) is 55.5 Å². The molecule has 4 heteroatoms. The van der Waals surface area contributed by atoms with Crippen molar-refractivity contribution in [2.45, 2.75) is 38.8 Å². The lowest BCUT2D eigenvalue weighted by Crippen LogP contribution is -2.24. The van der Waals surface area contributed by atoms with E-state index in [4.69, 9.17) is 9.47 Å². The summed E-state index contributed by atoms with van der Waals surface area (Å²) in [6, 6.07) is 14.2. The van der Waals surface area contributed by atoms with Crippen molar-refractivity contribution in [2.24, 2.45) is 0 Å². The van der Waals surface area contributed by atoms with Crippen LogP contribution < -0.4 is 14.8 Å². The highest BCUT2D eigenvalue weighted by molar-refractivity contribution is 5.45. The predicted octanol–water partition coefficient (Wildman–Crippen LogP) is 3.92. The van der Waals surface area contributed by atoms with E-state index < -0.39 is 6.10 Å². The SMILES string of the molecule is CC(C)c1ccc(C(O)CNC(C)c2ccc3c(c2)OCO3)cc1. The van der Waals surface area contributed by atoms with Gasteiger partial charge in [-0.15, -0.1) is 0 Å². The number of benzene rings is 2. The summed E-state index contributed by atoms with van der Waals surface area (Å²) < 4.78 is 10.7. The van der Waals surface area contributed by atoms with Crippen molar-refractivity contribution in [1.29, 1.82) is 0 Å². The fraction of sp³-hybridized carbons (Fsp3) is 0.400. The summed E-state index contributed by atoms with van der Waals surface area (Å²) in [4.78, 5) is 0. The highest BCUT2D eigenvalue weighted by Gasteiger charge is 2.16. The maximum atomic E-state index is 10.4. The summed E-state index contributed by atoms with van der Waals surface area (Å²) in [6.07, 6.45) is -0.525. The molecule has 0 spiro atoms. The van der Waals surface area contributed by atoms with E-state index in [9.17, 15) is 5.11 Å². The van der Waals surface area contributed by atoms with Crippen LogP contribution in [-0.2, 0) is 0 Å². The van der Waals surface area contributed by atoms with Crippen molar-refractivity contribution in [1.82, 2.24) is 5.32 Å². The van der Waals surface area contributed by atoms with Crippen LogP contribution in [0.4, 0.5) is 0 Å². The molecular formula is C20H25NO3. The van der Waals surface area contributed by atoms with E-state index in [1.165, 1.54) is 5.56 Å². The molecule has 128 valence electrons. The van der Waals surface area contributed by atoms with E-state index in [0.29, 0.717) is 12.5 Å². The van der Waals surface area contributed by atoms with Gasteiger partial charge in [0.15, 0.2) is 11.5 Å². The largest absolute Gasteiger partial charge is 0.454 e. The molecule has 1 heterocycles. The molecule has 0 saturated heterocycles. The Morgan fingerprint density at radius 2 is 1.54 bits per heavy atom. The molecule has 1 aliphatic heterocycles. The van der Waals surface area contributed by atoms with E-state index in [1.54, 1.807) is 0 Å². The van der Waals surface area contributed by atoms with Gasteiger partial charge in [-0.05, 0) is 41.7 Å². The van der Waals surface area contributed by atoms with Crippen LogP contribution in [0.5, 0.6) is 11.5 Å². The lowest BCUT2D eigenvalue weighted by Gasteiger charge is -2.18. The third kappa shape index (κ3) is 3.71. The first-order chi connectivity index (χ1) is 11.5. The number of aliphatic hydroxyl groups is 1. The summed E-state index contributed by atoms with van der Waals surface area (Å²) in [7, 11) is 0. The third-order valence-corrected chi connectivity index (χ3v) is 4.50. The first-order valence-corrected chi connectivity index (χ1v) is 8.45. The molecule has 4 nitrogen and oxygen atoms in total. The second-order valence-electron chi connectivity index (χ2n) is 6.58. The summed E-state index contributed by atoms with van der Waals surface area (Å²) in [5.41, 5.74) is 3.33. The molecule has 0 radical (unpaired) electrons. The quantitative estimate of drug-likeness (QED) is 0.844.